The van der Waals surface area contributed by atoms with Gasteiger partial charge in [0.25, 0.3) is 0 Å². The Labute approximate surface area is 144 Å². The van der Waals surface area contributed by atoms with Crippen molar-refractivity contribution in [1.82, 2.24) is 0 Å². The van der Waals surface area contributed by atoms with E-state index in [0.717, 1.165) is 16.9 Å². The van der Waals surface area contributed by atoms with Crippen molar-refractivity contribution in [3.63, 3.8) is 0 Å². The van der Waals surface area contributed by atoms with Crippen molar-refractivity contribution in [1.29, 1.82) is 0 Å². The molecule has 0 spiro atoms. The molecule has 2 aromatic rings. The summed E-state index contributed by atoms with van der Waals surface area (Å²) in [5.74, 6) is 1.47. The van der Waals surface area contributed by atoms with Crippen LogP contribution >= 0.6 is 50.1 Å². The van der Waals surface area contributed by atoms with Crippen LogP contribution in [0.5, 0.6) is 11.5 Å². The van der Waals surface area contributed by atoms with E-state index in [-0.39, 0.29) is 4.83 Å². The van der Waals surface area contributed by atoms with Gasteiger partial charge in [0.1, 0.15) is 13.2 Å². The van der Waals surface area contributed by atoms with Crippen LogP contribution in [0.2, 0.25) is 5.02 Å². The lowest BCUT2D eigenvalue weighted by atomic mass is 10.0. The molecule has 2 aromatic carbocycles. The fourth-order valence-corrected chi connectivity index (χ4v) is 3.52. The molecule has 0 fully saturated rings. The maximum atomic E-state index is 6.37. The Kier molecular flexibility index (Phi) is 4.43. The molecule has 1 unspecified atom stereocenters. The molecule has 1 atom stereocenters. The molecule has 0 bridgehead atoms. The second-order valence-electron chi connectivity index (χ2n) is 4.43. The van der Waals surface area contributed by atoms with E-state index in [1.165, 1.54) is 3.57 Å². The molecule has 3 rings (SSSR count). The maximum absolute atomic E-state index is 6.37. The third kappa shape index (κ3) is 2.92. The lowest BCUT2D eigenvalue weighted by Crippen LogP contribution is -2.15. The Bertz CT molecular complexity index is 631. The SMILES string of the molecule is Clc1cc2c(cc1C(Br)c1ccc(I)cc1)OCCO2. The first-order valence-corrected chi connectivity index (χ1v) is 8.51. The number of fused-ring (bicyclic) bond motifs is 1. The van der Waals surface area contributed by atoms with Crippen LogP contribution in [-0.2, 0) is 0 Å². The van der Waals surface area contributed by atoms with E-state index < -0.39 is 0 Å². The largest absolute Gasteiger partial charge is 0.486 e. The molecule has 20 heavy (non-hydrogen) atoms. The van der Waals surface area contributed by atoms with E-state index in [1.807, 2.05) is 12.1 Å². The second-order valence-corrected chi connectivity index (χ2v) is 7.00. The summed E-state index contributed by atoms with van der Waals surface area (Å²) in [6, 6.07) is 12.1. The Morgan fingerprint density at radius 2 is 1.65 bits per heavy atom. The number of hydrogen-bond donors (Lipinski definition) is 0. The summed E-state index contributed by atoms with van der Waals surface area (Å²) < 4.78 is 12.4. The molecule has 1 aliphatic rings. The minimum absolute atomic E-state index is 0.0304. The monoisotopic (exact) mass is 464 g/mol. The fourth-order valence-electron chi connectivity index (χ4n) is 2.09. The molecule has 2 nitrogen and oxygen atoms in total. The Morgan fingerprint density at radius 3 is 2.30 bits per heavy atom. The highest BCUT2D eigenvalue weighted by Gasteiger charge is 2.20. The topological polar surface area (TPSA) is 18.5 Å². The Balaban J connectivity index is 1.98. The Hall–Kier alpha value is -0.460. The molecule has 5 heteroatoms. The van der Waals surface area contributed by atoms with Gasteiger partial charge in [-0.25, -0.2) is 0 Å². The van der Waals surface area contributed by atoms with Crippen molar-refractivity contribution in [2.24, 2.45) is 0 Å². The van der Waals surface area contributed by atoms with E-state index in [0.29, 0.717) is 24.0 Å². The highest BCUT2D eigenvalue weighted by atomic mass is 127. The summed E-state index contributed by atoms with van der Waals surface area (Å²) in [6.45, 7) is 1.14. The van der Waals surface area contributed by atoms with Gasteiger partial charge in [0, 0.05) is 14.7 Å². The first kappa shape index (κ1) is 14.5. The lowest BCUT2D eigenvalue weighted by molar-refractivity contribution is 0.171. The lowest BCUT2D eigenvalue weighted by Gasteiger charge is -2.21. The molecule has 0 aromatic heterocycles. The number of alkyl halides is 1. The van der Waals surface area contributed by atoms with Gasteiger partial charge in [0.15, 0.2) is 11.5 Å². The highest BCUT2D eigenvalue weighted by molar-refractivity contribution is 14.1. The second kappa shape index (κ2) is 6.12. The standard InChI is InChI=1S/C15H11BrClIO2/c16-15(9-1-3-10(18)4-2-9)11-7-13-14(8-12(11)17)20-6-5-19-13/h1-4,7-8,15H,5-6H2. The summed E-state index contributed by atoms with van der Waals surface area (Å²) in [6.07, 6.45) is 0. The quantitative estimate of drug-likeness (QED) is 0.448. The number of hydrogen-bond acceptors (Lipinski definition) is 2. The molecular formula is C15H11BrClIO2. The van der Waals surface area contributed by atoms with E-state index >= 15 is 0 Å². The molecular weight excluding hydrogens is 454 g/mol. The van der Waals surface area contributed by atoms with Gasteiger partial charge >= 0.3 is 0 Å². The molecule has 0 saturated heterocycles. The molecule has 104 valence electrons. The third-order valence-corrected chi connectivity index (χ3v) is 5.17. The Morgan fingerprint density at radius 1 is 1.05 bits per heavy atom. The van der Waals surface area contributed by atoms with Crippen LogP contribution in [0.25, 0.3) is 0 Å². The normalized spacial score (nSPS) is 14.9. The van der Waals surface area contributed by atoms with Crippen LogP contribution in [-0.4, -0.2) is 13.2 Å². The van der Waals surface area contributed by atoms with Crippen LogP contribution in [0.4, 0.5) is 0 Å². The van der Waals surface area contributed by atoms with Crippen molar-refractivity contribution in [2.75, 3.05) is 13.2 Å². The number of halogens is 3. The first-order valence-electron chi connectivity index (χ1n) is 6.14. The van der Waals surface area contributed by atoms with Gasteiger partial charge < -0.3 is 9.47 Å². The van der Waals surface area contributed by atoms with Crippen molar-refractivity contribution < 1.29 is 9.47 Å². The average molecular weight is 466 g/mol. The zero-order valence-corrected chi connectivity index (χ0v) is 14.9. The smallest absolute Gasteiger partial charge is 0.162 e. The van der Waals surface area contributed by atoms with Gasteiger partial charge in [-0.05, 0) is 51.9 Å². The average Bonchev–Trinajstić information content (AvgIpc) is 2.46. The van der Waals surface area contributed by atoms with Gasteiger partial charge in [0.2, 0.25) is 0 Å². The first-order chi connectivity index (χ1) is 9.65. The van der Waals surface area contributed by atoms with Gasteiger partial charge in [-0.1, -0.05) is 39.7 Å². The zero-order chi connectivity index (χ0) is 14.1. The number of rotatable bonds is 2. The van der Waals surface area contributed by atoms with Crippen LogP contribution in [0.1, 0.15) is 16.0 Å². The van der Waals surface area contributed by atoms with E-state index in [2.05, 4.69) is 62.8 Å². The third-order valence-electron chi connectivity index (χ3n) is 3.10. The van der Waals surface area contributed by atoms with Crippen molar-refractivity contribution >= 4 is 50.1 Å². The molecule has 0 N–H and O–H groups in total. The predicted octanol–water partition coefficient (Wildman–Crippen LogP) is 5.20. The van der Waals surface area contributed by atoms with E-state index in [4.69, 9.17) is 21.1 Å². The van der Waals surface area contributed by atoms with Crippen molar-refractivity contribution in [2.45, 2.75) is 4.83 Å². The molecule has 0 saturated carbocycles. The van der Waals surface area contributed by atoms with E-state index in [1.54, 1.807) is 0 Å². The minimum atomic E-state index is 0.0304. The molecule has 0 amide bonds. The molecule has 0 radical (unpaired) electrons. The van der Waals surface area contributed by atoms with Crippen LogP contribution in [0.15, 0.2) is 36.4 Å². The van der Waals surface area contributed by atoms with Crippen LogP contribution < -0.4 is 9.47 Å². The summed E-state index contributed by atoms with van der Waals surface area (Å²) in [5.41, 5.74) is 2.14. The number of benzene rings is 2. The van der Waals surface area contributed by atoms with Crippen LogP contribution in [0.3, 0.4) is 0 Å². The summed E-state index contributed by atoms with van der Waals surface area (Å²) in [5, 5.41) is 0.676. The van der Waals surface area contributed by atoms with Gasteiger partial charge in [0.05, 0.1) is 4.83 Å². The fraction of sp³-hybridized carbons (Fsp3) is 0.200. The minimum Gasteiger partial charge on any atom is -0.486 e. The summed E-state index contributed by atoms with van der Waals surface area (Å²) >= 11 is 12.4. The molecule has 1 aliphatic heterocycles. The zero-order valence-electron chi connectivity index (χ0n) is 10.4. The van der Waals surface area contributed by atoms with Gasteiger partial charge in [-0.15, -0.1) is 0 Å². The summed E-state index contributed by atoms with van der Waals surface area (Å²) in [4.78, 5) is 0.0304. The summed E-state index contributed by atoms with van der Waals surface area (Å²) in [7, 11) is 0. The van der Waals surface area contributed by atoms with Crippen LogP contribution in [0, 0.1) is 3.57 Å². The molecule has 1 heterocycles. The van der Waals surface area contributed by atoms with Gasteiger partial charge in [-0.3, -0.25) is 0 Å². The molecule has 0 aliphatic carbocycles. The van der Waals surface area contributed by atoms with Gasteiger partial charge in [-0.2, -0.15) is 0 Å². The van der Waals surface area contributed by atoms with Crippen molar-refractivity contribution in [3.8, 4) is 11.5 Å². The predicted molar refractivity (Wildman–Crippen MR) is 92.4 cm³/mol. The maximum Gasteiger partial charge on any atom is 0.162 e. The number of ether oxygens (including phenoxy) is 2. The van der Waals surface area contributed by atoms with E-state index in [9.17, 15) is 0 Å². The highest BCUT2D eigenvalue weighted by Crippen LogP contribution is 2.42. The van der Waals surface area contributed by atoms with Crippen molar-refractivity contribution in [3.05, 3.63) is 56.1 Å².